The molecule has 0 saturated carbocycles. The largest absolute Gasteiger partial charge is 0.297 e. The van der Waals surface area contributed by atoms with Gasteiger partial charge in [0.2, 0.25) is 4.96 Å². The van der Waals surface area contributed by atoms with Crippen molar-refractivity contribution in [3.63, 3.8) is 0 Å². The summed E-state index contributed by atoms with van der Waals surface area (Å²) in [5.41, 5.74) is 2.56. The Hall–Kier alpha value is -0.940. The predicted octanol–water partition coefficient (Wildman–Crippen LogP) is 2.11. The third-order valence-corrected chi connectivity index (χ3v) is 3.97. The van der Waals surface area contributed by atoms with Gasteiger partial charge in [-0.3, -0.25) is 4.90 Å². The van der Waals surface area contributed by atoms with Crippen LogP contribution in [0.4, 0.5) is 0 Å². The highest BCUT2D eigenvalue weighted by atomic mass is 32.1. The maximum atomic E-state index is 4.68. The molecule has 3 heterocycles. The lowest BCUT2D eigenvalue weighted by molar-refractivity contribution is 0.221. The van der Waals surface area contributed by atoms with E-state index < -0.39 is 0 Å². The molecule has 0 N–H and O–H groups in total. The zero-order chi connectivity index (χ0) is 12.0. The Morgan fingerprint density at radius 1 is 1.41 bits per heavy atom. The molecule has 0 aromatic carbocycles. The van der Waals surface area contributed by atoms with E-state index in [1.807, 2.05) is 11.4 Å². The van der Waals surface area contributed by atoms with Crippen LogP contribution in [0, 0.1) is 12.8 Å². The number of hydrogen-bond donors (Lipinski definition) is 0. The molecule has 0 radical (unpaired) electrons. The van der Waals surface area contributed by atoms with Gasteiger partial charge in [0.15, 0.2) is 0 Å². The van der Waals surface area contributed by atoms with Gasteiger partial charge in [0.1, 0.15) is 5.01 Å². The van der Waals surface area contributed by atoms with Crippen molar-refractivity contribution in [1.29, 1.82) is 0 Å². The van der Waals surface area contributed by atoms with Gasteiger partial charge in [-0.15, -0.1) is 0 Å². The second-order valence-electron chi connectivity index (χ2n) is 5.20. The number of fused-ring (bicyclic) bond motifs is 3. The first-order valence-corrected chi connectivity index (χ1v) is 7.01. The summed E-state index contributed by atoms with van der Waals surface area (Å²) in [4.78, 5) is 8.24. The Morgan fingerprint density at radius 2 is 2.24 bits per heavy atom. The molecule has 2 aromatic rings. The Labute approximate surface area is 105 Å². The van der Waals surface area contributed by atoms with Crippen molar-refractivity contribution in [2.75, 3.05) is 13.1 Å². The van der Waals surface area contributed by atoms with E-state index in [0.717, 1.165) is 41.9 Å². The molecular formula is C12H18N4S. The second kappa shape index (κ2) is 4.07. The summed E-state index contributed by atoms with van der Waals surface area (Å²) in [5.74, 6) is 0.720. The van der Waals surface area contributed by atoms with Crippen molar-refractivity contribution >= 4 is 16.3 Å². The predicted molar refractivity (Wildman–Crippen MR) is 69.4 cm³/mol. The molecule has 17 heavy (non-hydrogen) atoms. The van der Waals surface area contributed by atoms with Gasteiger partial charge in [0.05, 0.1) is 11.4 Å². The van der Waals surface area contributed by atoms with Crippen molar-refractivity contribution in [2.45, 2.75) is 33.7 Å². The highest BCUT2D eigenvalue weighted by Crippen LogP contribution is 2.23. The van der Waals surface area contributed by atoms with E-state index in [9.17, 15) is 0 Å². The first-order chi connectivity index (χ1) is 8.13. The highest BCUT2D eigenvalue weighted by Gasteiger charge is 2.23. The van der Waals surface area contributed by atoms with Crippen LogP contribution < -0.4 is 0 Å². The quantitative estimate of drug-likeness (QED) is 0.818. The lowest BCUT2D eigenvalue weighted by Crippen LogP contribution is -2.34. The molecule has 0 aliphatic carbocycles. The molecule has 0 unspecified atom stereocenters. The highest BCUT2D eigenvalue weighted by molar-refractivity contribution is 7.16. The van der Waals surface area contributed by atoms with Crippen LogP contribution in [0.3, 0.4) is 0 Å². The van der Waals surface area contributed by atoms with Crippen LogP contribution in [-0.2, 0) is 13.0 Å². The summed E-state index contributed by atoms with van der Waals surface area (Å²) < 4.78 is 2.04. The van der Waals surface area contributed by atoms with E-state index >= 15 is 0 Å². The van der Waals surface area contributed by atoms with E-state index in [1.165, 1.54) is 11.4 Å². The summed E-state index contributed by atoms with van der Waals surface area (Å²) in [7, 11) is 0. The average Bonchev–Trinajstić information content (AvgIpc) is 2.73. The van der Waals surface area contributed by atoms with Gasteiger partial charge in [0, 0.05) is 26.1 Å². The third-order valence-electron chi connectivity index (χ3n) is 3.14. The Kier molecular flexibility index (Phi) is 2.67. The van der Waals surface area contributed by atoms with Crippen molar-refractivity contribution in [3.8, 4) is 0 Å². The number of aryl methyl sites for hydroxylation is 1. The molecule has 0 saturated heterocycles. The number of imidazole rings is 1. The molecule has 3 rings (SSSR count). The summed E-state index contributed by atoms with van der Waals surface area (Å²) in [6.07, 6.45) is 1.07. The Morgan fingerprint density at radius 3 is 3.00 bits per heavy atom. The van der Waals surface area contributed by atoms with Gasteiger partial charge in [-0.1, -0.05) is 25.2 Å². The zero-order valence-corrected chi connectivity index (χ0v) is 11.4. The van der Waals surface area contributed by atoms with Crippen molar-refractivity contribution in [1.82, 2.24) is 19.5 Å². The zero-order valence-electron chi connectivity index (χ0n) is 10.6. The second-order valence-corrected chi connectivity index (χ2v) is 6.36. The number of nitrogens with zero attached hydrogens (tertiary/aromatic N) is 4. The number of hydrogen-bond acceptors (Lipinski definition) is 4. The van der Waals surface area contributed by atoms with Crippen LogP contribution in [0.1, 0.15) is 30.2 Å². The van der Waals surface area contributed by atoms with Crippen LogP contribution >= 0.6 is 11.3 Å². The molecule has 1 aliphatic rings. The smallest absolute Gasteiger partial charge is 0.212 e. The van der Waals surface area contributed by atoms with Gasteiger partial charge in [-0.05, 0) is 12.8 Å². The van der Waals surface area contributed by atoms with E-state index in [1.54, 1.807) is 11.3 Å². The fourth-order valence-electron chi connectivity index (χ4n) is 2.51. The summed E-state index contributed by atoms with van der Waals surface area (Å²) in [6.45, 7) is 9.88. The van der Waals surface area contributed by atoms with Crippen molar-refractivity contribution < 1.29 is 0 Å². The lowest BCUT2D eigenvalue weighted by atomic mass is 10.1. The molecule has 5 heteroatoms. The molecule has 1 aliphatic heterocycles. The SMILES string of the molecule is Cc1nn2c3c(nc2s1)CCN(CC(C)C)C3. The third kappa shape index (κ3) is 1.98. The van der Waals surface area contributed by atoms with Gasteiger partial charge in [-0.2, -0.15) is 5.10 Å². The number of rotatable bonds is 2. The Balaban J connectivity index is 1.93. The standard InChI is InChI=1S/C12H18N4S/c1-8(2)6-15-5-4-10-11(7-15)16-12(13-10)17-9(3)14-16/h8H,4-7H2,1-3H3. The van der Waals surface area contributed by atoms with Gasteiger partial charge in [-0.25, -0.2) is 9.50 Å². The van der Waals surface area contributed by atoms with Crippen molar-refractivity contribution in [3.05, 3.63) is 16.4 Å². The van der Waals surface area contributed by atoms with E-state index in [4.69, 9.17) is 0 Å². The normalized spacial score (nSPS) is 16.9. The maximum Gasteiger partial charge on any atom is 0.212 e. The van der Waals surface area contributed by atoms with Crippen LogP contribution in [0.5, 0.6) is 0 Å². The topological polar surface area (TPSA) is 33.4 Å². The monoisotopic (exact) mass is 250 g/mol. The molecule has 0 atom stereocenters. The summed E-state index contributed by atoms with van der Waals surface area (Å²) in [5, 5.41) is 5.64. The van der Waals surface area contributed by atoms with Gasteiger partial charge < -0.3 is 0 Å². The van der Waals surface area contributed by atoms with Crippen LogP contribution in [-0.4, -0.2) is 32.6 Å². The fraction of sp³-hybridized carbons (Fsp3) is 0.667. The molecule has 0 fully saturated rings. The first-order valence-electron chi connectivity index (χ1n) is 6.20. The molecular weight excluding hydrogens is 232 g/mol. The number of aromatic nitrogens is 3. The Bertz CT molecular complexity index is 540. The molecule has 0 bridgehead atoms. The fourth-order valence-corrected chi connectivity index (χ4v) is 3.29. The lowest BCUT2D eigenvalue weighted by Gasteiger charge is -2.27. The van der Waals surface area contributed by atoms with Gasteiger partial charge in [0.25, 0.3) is 0 Å². The van der Waals surface area contributed by atoms with Crippen molar-refractivity contribution in [2.24, 2.45) is 5.92 Å². The van der Waals surface area contributed by atoms with Crippen LogP contribution in [0.15, 0.2) is 0 Å². The van der Waals surface area contributed by atoms with Crippen LogP contribution in [0.25, 0.3) is 4.96 Å². The summed E-state index contributed by atoms with van der Waals surface area (Å²) >= 11 is 1.68. The minimum Gasteiger partial charge on any atom is -0.297 e. The summed E-state index contributed by atoms with van der Waals surface area (Å²) in [6, 6.07) is 0. The van der Waals surface area contributed by atoms with Crippen LogP contribution in [0.2, 0.25) is 0 Å². The molecule has 92 valence electrons. The van der Waals surface area contributed by atoms with Gasteiger partial charge >= 0.3 is 0 Å². The average molecular weight is 250 g/mol. The molecule has 2 aromatic heterocycles. The molecule has 0 amide bonds. The molecule has 0 spiro atoms. The maximum absolute atomic E-state index is 4.68. The van der Waals surface area contributed by atoms with E-state index in [2.05, 4.69) is 28.8 Å². The molecule has 4 nitrogen and oxygen atoms in total. The minimum absolute atomic E-state index is 0.720. The first kappa shape index (κ1) is 11.2. The van der Waals surface area contributed by atoms with E-state index in [0.29, 0.717) is 0 Å². The minimum atomic E-state index is 0.720. The van der Waals surface area contributed by atoms with E-state index in [-0.39, 0.29) is 0 Å².